The van der Waals surface area contributed by atoms with E-state index in [0.29, 0.717) is 23.7 Å². The Hall–Kier alpha value is -2.19. The van der Waals surface area contributed by atoms with E-state index in [-0.39, 0.29) is 16.6 Å². The van der Waals surface area contributed by atoms with Crippen LogP contribution in [0.15, 0.2) is 52.3 Å². The summed E-state index contributed by atoms with van der Waals surface area (Å²) in [6.45, 7) is 2.43. The maximum absolute atomic E-state index is 12.5. The van der Waals surface area contributed by atoms with E-state index in [2.05, 4.69) is 10.0 Å². The Labute approximate surface area is 144 Å². The molecule has 1 aliphatic heterocycles. The summed E-state index contributed by atoms with van der Waals surface area (Å²) in [4.78, 5) is 12.2. The second kappa shape index (κ2) is 6.74. The zero-order chi connectivity index (χ0) is 17.2. The van der Waals surface area contributed by atoms with Crippen molar-refractivity contribution in [2.24, 2.45) is 0 Å². The van der Waals surface area contributed by atoms with E-state index >= 15 is 0 Å². The molecule has 0 unspecified atom stereocenters. The van der Waals surface area contributed by atoms with Crippen molar-refractivity contribution in [2.45, 2.75) is 16.7 Å². The molecule has 6 nitrogen and oxygen atoms in total. The minimum Gasteiger partial charge on any atom is -0.494 e. The first-order valence-electron chi connectivity index (χ1n) is 7.30. The summed E-state index contributed by atoms with van der Waals surface area (Å²) >= 11 is 1.32. The van der Waals surface area contributed by atoms with Crippen LogP contribution in [0, 0.1) is 0 Å². The third-order valence-corrected chi connectivity index (χ3v) is 5.75. The van der Waals surface area contributed by atoms with Crippen LogP contribution in [0.3, 0.4) is 0 Å². The highest BCUT2D eigenvalue weighted by Gasteiger charge is 2.20. The van der Waals surface area contributed by atoms with Gasteiger partial charge < -0.3 is 10.1 Å². The van der Waals surface area contributed by atoms with Crippen LogP contribution in [0.1, 0.15) is 6.92 Å². The van der Waals surface area contributed by atoms with Gasteiger partial charge in [0.25, 0.3) is 10.0 Å². The number of fused-ring (bicyclic) bond motifs is 1. The van der Waals surface area contributed by atoms with Crippen LogP contribution in [0.5, 0.6) is 5.75 Å². The number of carbonyl (C=O) groups excluding carboxylic acids is 1. The van der Waals surface area contributed by atoms with Gasteiger partial charge in [-0.25, -0.2) is 8.42 Å². The summed E-state index contributed by atoms with van der Waals surface area (Å²) in [5.41, 5.74) is 1.09. The molecule has 1 aliphatic rings. The number of hydrogen-bond donors (Lipinski definition) is 2. The number of benzene rings is 2. The molecule has 0 bridgehead atoms. The van der Waals surface area contributed by atoms with Crippen LogP contribution in [0.25, 0.3) is 0 Å². The number of amides is 1. The monoisotopic (exact) mass is 364 g/mol. The molecule has 2 aromatic carbocycles. The van der Waals surface area contributed by atoms with Gasteiger partial charge in [0.1, 0.15) is 5.75 Å². The van der Waals surface area contributed by atoms with Gasteiger partial charge in [-0.05, 0) is 49.4 Å². The smallest absolute Gasteiger partial charge is 0.261 e. The maximum atomic E-state index is 12.5. The fraction of sp³-hybridized carbons (Fsp3) is 0.188. The molecule has 0 aliphatic carbocycles. The van der Waals surface area contributed by atoms with E-state index in [4.69, 9.17) is 4.74 Å². The molecule has 2 N–H and O–H groups in total. The number of nitrogens with one attached hydrogen (secondary N) is 2. The molecule has 0 atom stereocenters. The molecule has 1 heterocycles. The number of hydrogen-bond acceptors (Lipinski definition) is 5. The third kappa shape index (κ3) is 3.65. The Bertz CT molecular complexity index is 864. The standard InChI is InChI=1S/C16H16N2O4S2/c1-2-22-12-5-3-11(4-6-12)18-24(20,21)13-7-8-14-15(9-13)23-10-16(19)17-14/h3-9,18H,2,10H2,1H3,(H,17,19). The molecule has 2 aromatic rings. The third-order valence-electron chi connectivity index (χ3n) is 3.31. The van der Waals surface area contributed by atoms with E-state index < -0.39 is 10.0 Å². The Kier molecular flexibility index (Phi) is 4.68. The number of thioether (sulfide) groups is 1. The average Bonchev–Trinajstić information content (AvgIpc) is 2.56. The van der Waals surface area contributed by atoms with Crippen molar-refractivity contribution in [3.8, 4) is 5.75 Å². The summed E-state index contributed by atoms with van der Waals surface area (Å²) in [5, 5.41) is 2.72. The lowest BCUT2D eigenvalue weighted by Crippen LogP contribution is -2.19. The van der Waals surface area contributed by atoms with Crippen molar-refractivity contribution in [2.75, 3.05) is 22.4 Å². The number of ether oxygens (including phenoxy) is 1. The highest BCUT2D eigenvalue weighted by atomic mass is 32.2. The second-order valence-corrected chi connectivity index (χ2v) is 7.76. The summed E-state index contributed by atoms with van der Waals surface area (Å²) in [6.07, 6.45) is 0. The molecule has 3 rings (SSSR count). The fourth-order valence-corrected chi connectivity index (χ4v) is 4.22. The Balaban J connectivity index is 1.81. The molecule has 0 spiro atoms. The Morgan fingerprint density at radius 2 is 1.96 bits per heavy atom. The number of sulfonamides is 1. The molecule has 8 heteroatoms. The molecule has 0 radical (unpaired) electrons. The fourth-order valence-electron chi connectivity index (χ4n) is 2.22. The minimum absolute atomic E-state index is 0.0874. The molecule has 1 amide bonds. The topological polar surface area (TPSA) is 84.5 Å². The van der Waals surface area contributed by atoms with Gasteiger partial charge in [0, 0.05) is 10.6 Å². The Morgan fingerprint density at radius 1 is 1.21 bits per heavy atom. The van der Waals surface area contributed by atoms with Crippen LogP contribution >= 0.6 is 11.8 Å². The van der Waals surface area contributed by atoms with Gasteiger partial charge >= 0.3 is 0 Å². The second-order valence-electron chi connectivity index (χ2n) is 5.06. The van der Waals surface area contributed by atoms with Gasteiger partial charge in [0.05, 0.1) is 22.9 Å². The van der Waals surface area contributed by atoms with Crippen molar-refractivity contribution in [3.63, 3.8) is 0 Å². The Morgan fingerprint density at radius 3 is 2.67 bits per heavy atom. The van der Waals surface area contributed by atoms with Crippen LogP contribution in [0.2, 0.25) is 0 Å². The van der Waals surface area contributed by atoms with Gasteiger partial charge in [0.15, 0.2) is 0 Å². The average molecular weight is 364 g/mol. The van der Waals surface area contributed by atoms with Crippen molar-refractivity contribution in [1.82, 2.24) is 0 Å². The predicted molar refractivity (Wildman–Crippen MR) is 94.2 cm³/mol. The van der Waals surface area contributed by atoms with Crippen molar-refractivity contribution < 1.29 is 17.9 Å². The minimum atomic E-state index is -3.70. The summed E-state index contributed by atoms with van der Waals surface area (Å²) in [5.74, 6) is 0.875. The van der Waals surface area contributed by atoms with Gasteiger partial charge in [-0.15, -0.1) is 11.8 Å². The zero-order valence-corrected chi connectivity index (χ0v) is 14.5. The molecule has 0 aromatic heterocycles. The van der Waals surface area contributed by atoms with Gasteiger partial charge in [0.2, 0.25) is 5.91 Å². The van der Waals surface area contributed by atoms with Crippen LogP contribution < -0.4 is 14.8 Å². The first-order valence-corrected chi connectivity index (χ1v) is 9.77. The van der Waals surface area contributed by atoms with Gasteiger partial charge in [-0.3, -0.25) is 9.52 Å². The zero-order valence-electron chi connectivity index (χ0n) is 12.9. The first-order chi connectivity index (χ1) is 11.5. The molecule has 0 saturated carbocycles. The number of carbonyl (C=O) groups is 1. The predicted octanol–water partition coefficient (Wildman–Crippen LogP) is 2.93. The van der Waals surface area contributed by atoms with Crippen molar-refractivity contribution in [3.05, 3.63) is 42.5 Å². The highest BCUT2D eigenvalue weighted by Crippen LogP contribution is 2.33. The first kappa shape index (κ1) is 16.7. The summed E-state index contributed by atoms with van der Waals surface area (Å²) in [7, 11) is -3.70. The van der Waals surface area contributed by atoms with Crippen LogP contribution in [0.4, 0.5) is 11.4 Å². The molecule has 0 saturated heterocycles. The van der Waals surface area contributed by atoms with Gasteiger partial charge in [-0.1, -0.05) is 0 Å². The SMILES string of the molecule is CCOc1ccc(NS(=O)(=O)c2ccc3c(c2)SCC(=O)N3)cc1. The summed E-state index contributed by atoms with van der Waals surface area (Å²) in [6, 6.07) is 11.4. The van der Waals surface area contributed by atoms with E-state index in [1.165, 1.54) is 17.8 Å². The van der Waals surface area contributed by atoms with Crippen LogP contribution in [-0.4, -0.2) is 26.7 Å². The maximum Gasteiger partial charge on any atom is 0.261 e. The van der Waals surface area contributed by atoms with E-state index in [0.717, 1.165) is 4.90 Å². The molecule has 126 valence electrons. The van der Waals surface area contributed by atoms with E-state index in [1.54, 1.807) is 36.4 Å². The number of rotatable bonds is 5. The van der Waals surface area contributed by atoms with E-state index in [9.17, 15) is 13.2 Å². The van der Waals surface area contributed by atoms with Crippen LogP contribution in [-0.2, 0) is 14.8 Å². The van der Waals surface area contributed by atoms with E-state index in [1.807, 2.05) is 6.92 Å². The molecular formula is C16H16N2O4S2. The summed E-state index contributed by atoms with van der Waals surface area (Å²) < 4.78 is 32.9. The van der Waals surface area contributed by atoms with Crippen molar-refractivity contribution >= 4 is 39.1 Å². The highest BCUT2D eigenvalue weighted by molar-refractivity contribution is 8.00. The normalized spacial score (nSPS) is 13.8. The number of anilines is 2. The molecule has 0 fully saturated rings. The molecular weight excluding hydrogens is 348 g/mol. The lowest BCUT2D eigenvalue weighted by molar-refractivity contribution is -0.113. The largest absolute Gasteiger partial charge is 0.494 e. The lowest BCUT2D eigenvalue weighted by atomic mass is 10.3. The molecule has 24 heavy (non-hydrogen) atoms. The lowest BCUT2D eigenvalue weighted by Gasteiger charge is -2.17. The van der Waals surface area contributed by atoms with Gasteiger partial charge in [-0.2, -0.15) is 0 Å². The quantitative estimate of drug-likeness (QED) is 0.852. The van der Waals surface area contributed by atoms with Crippen molar-refractivity contribution in [1.29, 1.82) is 0 Å².